The predicted octanol–water partition coefficient (Wildman–Crippen LogP) is 6.53. The van der Waals surface area contributed by atoms with Crippen LogP contribution in [0.2, 0.25) is 0 Å². The number of nitrogens with zero attached hydrogens (tertiary/aromatic N) is 3. The molecule has 196 valence electrons. The summed E-state index contributed by atoms with van der Waals surface area (Å²) in [4.78, 5) is 18.2. The van der Waals surface area contributed by atoms with Gasteiger partial charge >= 0.3 is 0 Å². The smallest absolute Gasteiger partial charge is 0.294 e. The van der Waals surface area contributed by atoms with Crippen molar-refractivity contribution in [3.8, 4) is 28.1 Å². The quantitative estimate of drug-likeness (QED) is 0.193. The van der Waals surface area contributed by atoms with Crippen molar-refractivity contribution in [1.29, 1.82) is 0 Å². The number of ketones is 1. The van der Waals surface area contributed by atoms with E-state index >= 15 is 0 Å². The van der Waals surface area contributed by atoms with Crippen molar-refractivity contribution in [2.45, 2.75) is 20.0 Å². The molecule has 0 bridgehead atoms. The van der Waals surface area contributed by atoms with Crippen molar-refractivity contribution in [1.82, 2.24) is 14.6 Å². The van der Waals surface area contributed by atoms with Crippen LogP contribution in [-0.4, -0.2) is 34.6 Å². The second kappa shape index (κ2) is 10.3. The van der Waals surface area contributed by atoms with Crippen LogP contribution in [0.15, 0.2) is 77.3 Å². The summed E-state index contributed by atoms with van der Waals surface area (Å²) in [6.45, 7) is 2.27. The number of fused-ring (bicyclic) bond motifs is 2. The van der Waals surface area contributed by atoms with Crippen LogP contribution in [0.3, 0.4) is 0 Å². The molecule has 0 radical (unpaired) electrons. The van der Waals surface area contributed by atoms with Crippen LogP contribution in [0.4, 0.5) is 0 Å². The van der Waals surface area contributed by atoms with E-state index in [-0.39, 0.29) is 5.78 Å². The normalized spacial score (nSPS) is 11.3. The number of ether oxygens (including phenoxy) is 3. The van der Waals surface area contributed by atoms with E-state index in [1.807, 2.05) is 73.7 Å². The lowest BCUT2D eigenvalue weighted by molar-refractivity contribution is 0.0992. The lowest BCUT2D eigenvalue weighted by Gasteiger charge is -2.10. The van der Waals surface area contributed by atoms with E-state index in [0.717, 1.165) is 27.6 Å². The molecule has 0 amide bonds. The lowest BCUT2D eigenvalue weighted by Crippen LogP contribution is -2.06. The van der Waals surface area contributed by atoms with E-state index in [9.17, 15) is 4.79 Å². The molecule has 0 saturated heterocycles. The van der Waals surface area contributed by atoms with Crippen molar-refractivity contribution in [3.63, 3.8) is 0 Å². The van der Waals surface area contributed by atoms with Crippen LogP contribution in [-0.2, 0) is 13.0 Å². The first kappa shape index (κ1) is 24.7. The van der Waals surface area contributed by atoms with Gasteiger partial charge in [0.1, 0.15) is 29.4 Å². The highest BCUT2D eigenvalue weighted by Gasteiger charge is 2.17. The summed E-state index contributed by atoms with van der Waals surface area (Å²) in [7, 11) is 3.18. The van der Waals surface area contributed by atoms with Gasteiger partial charge in [0, 0.05) is 24.1 Å². The molecule has 0 fully saturated rings. The third-order valence-electron chi connectivity index (χ3n) is 6.46. The standard InChI is InChI=1S/C30H25N3O5S/c1-18-7-4-5-10-22(18)25(34)12-19-8-6-9-20(11-19)17-37-26-13-21(35-2)14-27-23(26)15-28(38-27)24-16-33-29(31-24)39-30(32-33)36-3/h4-11,13-16H,12,17H2,1-3H3. The Kier molecular flexibility index (Phi) is 6.50. The second-order valence-electron chi connectivity index (χ2n) is 9.10. The average molecular weight is 540 g/mol. The number of carbonyl (C=O) groups excluding carboxylic acids is 1. The number of Topliss-reactive ketones (excluding diaryl/α,β-unsaturated/α-hetero) is 1. The highest BCUT2D eigenvalue weighted by Crippen LogP contribution is 2.37. The molecule has 0 aliphatic carbocycles. The minimum Gasteiger partial charge on any atom is -0.496 e. The number of benzene rings is 3. The number of hydrogen-bond acceptors (Lipinski definition) is 8. The van der Waals surface area contributed by atoms with Gasteiger partial charge in [-0.3, -0.25) is 4.79 Å². The van der Waals surface area contributed by atoms with Crippen LogP contribution in [0.25, 0.3) is 27.4 Å². The molecule has 39 heavy (non-hydrogen) atoms. The summed E-state index contributed by atoms with van der Waals surface area (Å²) in [5, 5.41) is 5.67. The number of aromatic nitrogens is 3. The molecule has 9 heteroatoms. The van der Waals surface area contributed by atoms with Gasteiger partial charge in [-0.05, 0) is 41.0 Å². The van der Waals surface area contributed by atoms with Gasteiger partial charge in [0.2, 0.25) is 4.96 Å². The van der Waals surface area contributed by atoms with Crippen LogP contribution >= 0.6 is 11.3 Å². The topological polar surface area (TPSA) is 88.1 Å². The maximum absolute atomic E-state index is 12.9. The summed E-state index contributed by atoms with van der Waals surface area (Å²) < 4.78 is 24.7. The van der Waals surface area contributed by atoms with Gasteiger partial charge in [-0.1, -0.05) is 48.5 Å². The van der Waals surface area contributed by atoms with Crippen LogP contribution in [0.1, 0.15) is 27.0 Å². The first-order valence-corrected chi connectivity index (χ1v) is 13.1. The van der Waals surface area contributed by atoms with E-state index in [0.29, 0.717) is 51.7 Å². The van der Waals surface area contributed by atoms with Crippen LogP contribution < -0.4 is 14.2 Å². The van der Waals surface area contributed by atoms with Crippen molar-refractivity contribution < 1.29 is 23.4 Å². The van der Waals surface area contributed by atoms with Gasteiger partial charge in [0.05, 0.1) is 25.8 Å². The molecule has 8 nitrogen and oxygen atoms in total. The van der Waals surface area contributed by atoms with Gasteiger partial charge in [-0.15, -0.1) is 5.10 Å². The van der Waals surface area contributed by atoms with Gasteiger partial charge < -0.3 is 18.6 Å². The Balaban J connectivity index is 1.24. The number of rotatable bonds is 9. The summed E-state index contributed by atoms with van der Waals surface area (Å²) in [5.74, 6) is 1.94. The second-order valence-corrected chi connectivity index (χ2v) is 10.0. The zero-order chi connectivity index (χ0) is 26.9. The summed E-state index contributed by atoms with van der Waals surface area (Å²) >= 11 is 1.35. The van der Waals surface area contributed by atoms with Crippen LogP contribution in [0, 0.1) is 6.92 Å². The molecule has 0 aliphatic rings. The summed E-state index contributed by atoms with van der Waals surface area (Å²) in [5.41, 5.74) is 4.91. The fourth-order valence-electron chi connectivity index (χ4n) is 4.49. The fourth-order valence-corrected chi connectivity index (χ4v) is 5.19. The molecule has 6 rings (SSSR count). The average Bonchev–Trinajstić information content (AvgIpc) is 3.65. The molecule has 0 aliphatic heterocycles. The molecular weight excluding hydrogens is 514 g/mol. The Hall–Kier alpha value is -4.63. The maximum atomic E-state index is 12.9. The third-order valence-corrected chi connectivity index (χ3v) is 7.34. The maximum Gasteiger partial charge on any atom is 0.294 e. The van der Waals surface area contributed by atoms with Crippen molar-refractivity contribution in [2.24, 2.45) is 0 Å². The van der Waals surface area contributed by atoms with E-state index in [4.69, 9.17) is 18.6 Å². The molecule has 0 spiro atoms. The predicted molar refractivity (Wildman–Crippen MR) is 149 cm³/mol. The van der Waals surface area contributed by atoms with Gasteiger partial charge in [-0.2, -0.15) is 0 Å². The highest BCUT2D eigenvalue weighted by atomic mass is 32.1. The largest absolute Gasteiger partial charge is 0.496 e. The molecule has 3 aromatic carbocycles. The SMILES string of the molecule is COc1cc(OCc2cccc(CC(=O)c3ccccc3C)c2)c2cc(-c3cn4nc(OC)sc4n3)oc2c1. The molecule has 0 unspecified atom stereocenters. The Bertz CT molecular complexity index is 1780. The summed E-state index contributed by atoms with van der Waals surface area (Å²) in [6, 6.07) is 21.1. The Labute approximate surface area is 228 Å². The van der Waals surface area contributed by atoms with Crippen LogP contribution in [0.5, 0.6) is 16.7 Å². The first-order valence-electron chi connectivity index (χ1n) is 12.3. The zero-order valence-corrected chi connectivity index (χ0v) is 22.5. The van der Waals surface area contributed by atoms with E-state index in [2.05, 4.69) is 10.1 Å². The number of imidazole rings is 1. The number of furan rings is 1. The number of methoxy groups -OCH3 is 2. The fraction of sp³-hybridized carbons (Fsp3) is 0.167. The minimum absolute atomic E-state index is 0.0967. The monoisotopic (exact) mass is 539 g/mol. The molecule has 0 atom stereocenters. The van der Waals surface area contributed by atoms with Gasteiger partial charge in [0.15, 0.2) is 11.5 Å². The van der Waals surface area contributed by atoms with E-state index in [1.54, 1.807) is 24.9 Å². The lowest BCUT2D eigenvalue weighted by atomic mass is 9.98. The van der Waals surface area contributed by atoms with Gasteiger partial charge in [0.25, 0.3) is 5.19 Å². The van der Waals surface area contributed by atoms with Crippen molar-refractivity contribution in [2.75, 3.05) is 14.2 Å². The number of hydrogen-bond donors (Lipinski definition) is 0. The molecule has 0 saturated carbocycles. The third kappa shape index (κ3) is 4.96. The molecule has 6 aromatic rings. The highest BCUT2D eigenvalue weighted by molar-refractivity contribution is 7.18. The molecule has 3 aromatic heterocycles. The zero-order valence-electron chi connectivity index (χ0n) is 21.6. The van der Waals surface area contributed by atoms with Crippen molar-refractivity contribution in [3.05, 3.63) is 95.2 Å². The summed E-state index contributed by atoms with van der Waals surface area (Å²) in [6.07, 6.45) is 2.13. The Morgan fingerprint density at radius 2 is 1.85 bits per heavy atom. The van der Waals surface area contributed by atoms with E-state index < -0.39 is 0 Å². The van der Waals surface area contributed by atoms with E-state index in [1.165, 1.54) is 11.3 Å². The Morgan fingerprint density at radius 3 is 2.64 bits per heavy atom. The Morgan fingerprint density at radius 1 is 1.00 bits per heavy atom. The van der Waals surface area contributed by atoms with Gasteiger partial charge in [-0.25, -0.2) is 9.50 Å². The molecular formula is C30H25N3O5S. The number of carbonyl (C=O) groups is 1. The molecule has 0 N–H and O–H groups in total. The number of aryl methyl sites for hydroxylation is 1. The minimum atomic E-state index is 0.0967. The first-order chi connectivity index (χ1) is 19.0. The van der Waals surface area contributed by atoms with Crippen molar-refractivity contribution >= 4 is 33.1 Å². The molecule has 3 heterocycles.